The topological polar surface area (TPSA) is 73.5 Å². The molecule has 3 aromatic heterocycles. The maximum atomic E-state index is 13.2. The van der Waals surface area contributed by atoms with E-state index >= 15 is 0 Å². The molecule has 5 rings (SSSR count). The number of fused-ring (bicyclic) bond motifs is 2. The lowest BCUT2D eigenvalue weighted by atomic mass is 10.1. The SMILES string of the molecule is COc1ccc(C(=O)c2oc3ccccc3c2NC(=O)c2cc3sccc3n2C)cc1. The molecule has 5 aromatic rings. The van der Waals surface area contributed by atoms with Crippen molar-refractivity contribution in [2.45, 2.75) is 0 Å². The third-order valence-corrected chi connectivity index (χ3v) is 6.14. The highest BCUT2D eigenvalue weighted by molar-refractivity contribution is 7.17. The molecule has 31 heavy (non-hydrogen) atoms. The van der Waals surface area contributed by atoms with Crippen LogP contribution in [0.4, 0.5) is 5.69 Å². The van der Waals surface area contributed by atoms with Gasteiger partial charge in [0.15, 0.2) is 5.76 Å². The van der Waals surface area contributed by atoms with Crippen molar-refractivity contribution in [3.63, 3.8) is 0 Å². The van der Waals surface area contributed by atoms with Crippen LogP contribution in [0.1, 0.15) is 26.6 Å². The van der Waals surface area contributed by atoms with Gasteiger partial charge in [-0.05, 0) is 53.9 Å². The minimum atomic E-state index is -0.318. The van der Waals surface area contributed by atoms with E-state index < -0.39 is 0 Å². The Morgan fingerprint density at radius 2 is 1.84 bits per heavy atom. The number of ether oxygens (including phenoxy) is 1. The molecule has 3 heterocycles. The molecule has 0 unspecified atom stereocenters. The number of ketones is 1. The van der Waals surface area contributed by atoms with Crippen molar-refractivity contribution in [3.05, 3.63) is 83.1 Å². The highest BCUT2D eigenvalue weighted by Crippen LogP contribution is 2.33. The number of rotatable bonds is 5. The number of carbonyl (C=O) groups excluding carboxylic acids is 2. The third kappa shape index (κ3) is 3.19. The van der Waals surface area contributed by atoms with Crippen molar-refractivity contribution >= 4 is 49.9 Å². The molecule has 1 N–H and O–H groups in total. The van der Waals surface area contributed by atoms with Gasteiger partial charge in [0.2, 0.25) is 5.78 Å². The first kappa shape index (κ1) is 19.1. The van der Waals surface area contributed by atoms with Crippen LogP contribution in [-0.4, -0.2) is 23.4 Å². The van der Waals surface area contributed by atoms with Gasteiger partial charge in [-0.3, -0.25) is 9.59 Å². The lowest BCUT2D eigenvalue weighted by Crippen LogP contribution is -2.17. The molecule has 2 aromatic carbocycles. The van der Waals surface area contributed by atoms with E-state index in [1.807, 2.05) is 47.3 Å². The molecular formula is C24H18N2O4S. The largest absolute Gasteiger partial charge is 0.497 e. The summed E-state index contributed by atoms with van der Waals surface area (Å²) in [4.78, 5) is 26.4. The van der Waals surface area contributed by atoms with Crippen LogP contribution < -0.4 is 10.1 Å². The Labute approximate surface area is 181 Å². The monoisotopic (exact) mass is 430 g/mol. The summed E-state index contributed by atoms with van der Waals surface area (Å²) in [6, 6.07) is 17.9. The molecule has 0 saturated heterocycles. The van der Waals surface area contributed by atoms with Gasteiger partial charge in [-0.25, -0.2) is 0 Å². The zero-order valence-corrected chi connectivity index (χ0v) is 17.7. The summed E-state index contributed by atoms with van der Waals surface area (Å²) in [5, 5.41) is 5.58. The van der Waals surface area contributed by atoms with Crippen molar-refractivity contribution in [2.24, 2.45) is 7.05 Å². The molecule has 0 radical (unpaired) electrons. The molecule has 7 heteroatoms. The Bertz CT molecular complexity index is 1440. The van der Waals surface area contributed by atoms with Gasteiger partial charge in [-0.15, -0.1) is 11.3 Å². The number of furan rings is 1. The van der Waals surface area contributed by atoms with Crippen LogP contribution in [0.2, 0.25) is 0 Å². The van der Waals surface area contributed by atoms with Crippen molar-refractivity contribution in [2.75, 3.05) is 12.4 Å². The smallest absolute Gasteiger partial charge is 0.272 e. The Morgan fingerprint density at radius 1 is 1.06 bits per heavy atom. The molecule has 0 saturated carbocycles. The van der Waals surface area contributed by atoms with Crippen LogP contribution in [0.3, 0.4) is 0 Å². The van der Waals surface area contributed by atoms with Crippen LogP contribution in [0, 0.1) is 0 Å². The van der Waals surface area contributed by atoms with Gasteiger partial charge < -0.3 is 19.0 Å². The summed E-state index contributed by atoms with van der Waals surface area (Å²) in [5.74, 6) is 0.123. The molecule has 0 spiro atoms. The summed E-state index contributed by atoms with van der Waals surface area (Å²) < 4.78 is 13.9. The second-order valence-corrected chi connectivity index (χ2v) is 8.02. The number of thiophene rings is 1. The van der Waals surface area contributed by atoms with E-state index in [0.29, 0.717) is 33.7 Å². The molecule has 154 valence electrons. The standard InChI is InChI=1S/C24H18N2O4S/c1-26-17-11-12-31-20(17)13-18(26)24(28)25-21-16-5-3-4-6-19(16)30-23(21)22(27)14-7-9-15(29-2)10-8-14/h3-13H,1-2H3,(H,25,28). The molecule has 1 amide bonds. The number of methoxy groups -OCH3 is 1. The minimum absolute atomic E-state index is 0.0933. The highest BCUT2D eigenvalue weighted by Gasteiger charge is 2.25. The molecule has 0 aliphatic heterocycles. The molecule has 6 nitrogen and oxygen atoms in total. The molecule has 0 bridgehead atoms. The molecule has 0 aliphatic rings. The molecule has 0 fully saturated rings. The first-order valence-electron chi connectivity index (χ1n) is 9.61. The van der Waals surface area contributed by atoms with E-state index in [0.717, 1.165) is 10.2 Å². The Morgan fingerprint density at radius 3 is 2.58 bits per heavy atom. The maximum absolute atomic E-state index is 13.2. The Balaban J connectivity index is 1.57. The van der Waals surface area contributed by atoms with E-state index in [4.69, 9.17) is 9.15 Å². The zero-order valence-electron chi connectivity index (χ0n) is 16.8. The van der Waals surface area contributed by atoms with Gasteiger partial charge in [0.05, 0.1) is 23.0 Å². The number of hydrogen-bond acceptors (Lipinski definition) is 5. The average Bonchev–Trinajstić information content (AvgIpc) is 3.48. The van der Waals surface area contributed by atoms with E-state index in [-0.39, 0.29) is 17.5 Å². The number of nitrogens with zero attached hydrogens (tertiary/aromatic N) is 1. The number of aryl methyl sites for hydroxylation is 1. The zero-order chi connectivity index (χ0) is 21.5. The predicted molar refractivity (Wildman–Crippen MR) is 121 cm³/mol. The van der Waals surface area contributed by atoms with Crippen LogP contribution in [-0.2, 0) is 7.05 Å². The average molecular weight is 430 g/mol. The van der Waals surface area contributed by atoms with E-state index in [9.17, 15) is 9.59 Å². The first-order valence-corrected chi connectivity index (χ1v) is 10.5. The van der Waals surface area contributed by atoms with Crippen LogP contribution >= 0.6 is 11.3 Å². The summed E-state index contributed by atoms with van der Waals surface area (Å²) in [7, 11) is 3.42. The van der Waals surface area contributed by atoms with Gasteiger partial charge >= 0.3 is 0 Å². The van der Waals surface area contributed by atoms with E-state index in [1.165, 1.54) is 0 Å². The quantitative estimate of drug-likeness (QED) is 0.375. The summed E-state index contributed by atoms with van der Waals surface area (Å²) in [6.45, 7) is 0. The minimum Gasteiger partial charge on any atom is -0.497 e. The number of benzene rings is 2. The Kier molecular flexibility index (Phi) is 4.60. The third-order valence-electron chi connectivity index (χ3n) is 5.29. The first-order chi connectivity index (χ1) is 15.1. The fourth-order valence-electron chi connectivity index (χ4n) is 3.65. The van der Waals surface area contributed by atoms with Gasteiger partial charge in [-0.2, -0.15) is 0 Å². The summed E-state index contributed by atoms with van der Waals surface area (Å²) in [6.07, 6.45) is 0. The van der Waals surface area contributed by atoms with E-state index in [2.05, 4.69) is 5.32 Å². The lowest BCUT2D eigenvalue weighted by Gasteiger charge is -2.08. The number of carbonyl (C=O) groups is 2. The summed E-state index contributed by atoms with van der Waals surface area (Å²) >= 11 is 1.57. The normalized spacial score (nSPS) is 11.2. The number of nitrogens with one attached hydrogen (secondary N) is 1. The van der Waals surface area contributed by atoms with Crippen molar-refractivity contribution < 1.29 is 18.7 Å². The molecule has 0 atom stereocenters. The second kappa shape index (κ2) is 7.45. The maximum Gasteiger partial charge on any atom is 0.272 e. The number of amides is 1. The van der Waals surface area contributed by atoms with Crippen LogP contribution in [0.25, 0.3) is 21.2 Å². The van der Waals surface area contributed by atoms with Gasteiger partial charge in [0.25, 0.3) is 5.91 Å². The number of para-hydroxylation sites is 1. The fourth-order valence-corrected chi connectivity index (χ4v) is 4.50. The predicted octanol–water partition coefficient (Wildman–Crippen LogP) is 5.48. The van der Waals surface area contributed by atoms with Crippen molar-refractivity contribution in [1.29, 1.82) is 0 Å². The number of aromatic nitrogens is 1. The molecular weight excluding hydrogens is 412 g/mol. The summed E-state index contributed by atoms with van der Waals surface area (Å²) in [5.41, 5.74) is 2.83. The van der Waals surface area contributed by atoms with Crippen molar-refractivity contribution in [1.82, 2.24) is 4.57 Å². The number of anilines is 1. The van der Waals surface area contributed by atoms with Gasteiger partial charge in [-0.1, -0.05) is 12.1 Å². The number of hydrogen-bond donors (Lipinski definition) is 1. The van der Waals surface area contributed by atoms with Crippen LogP contribution in [0.15, 0.2) is 70.5 Å². The fraction of sp³-hybridized carbons (Fsp3) is 0.0833. The second-order valence-electron chi connectivity index (χ2n) is 7.07. The van der Waals surface area contributed by atoms with E-state index in [1.54, 1.807) is 48.8 Å². The molecule has 0 aliphatic carbocycles. The Hall–Kier alpha value is -3.84. The van der Waals surface area contributed by atoms with Crippen LogP contribution in [0.5, 0.6) is 5.75 Å². The van der Waals surface area contributed by atoms with Crippen molar-refractivity contribution in [3.8, 4) is 5.75 Å². The highest BCUT2D eigenvalue weighted by atomic mass is 32.1. The van der Waals surface area contributed by atoms with Gasteiger partial charge in [0, 0.05) is 18.0 Å². The lowest BCUT2D eigenvalue weighted by molar-refractivity contribution is 0.101. The van der Waals surface area contributed by atoms with Gasteiger partial charge in [0.1, 0.15) is 17.0 Å².